The predicted molar refractivity (Wildman–Crippen MR) is 76.6 cm³/mol. The normalized spacial score (nSPS) is 10.5. The van der Waals surface area contributed by atoms with E-state index in [4.69, 9.17) is 4.74 Å². The van der Waals surface area contributed by atoms with Gasteiger partial charge in [0.05, 0.1) is 6.61 Å². The molecular formula is C14H27BrO2. The lowest BCUT2D eigenvalue weighted by Gasteiger charge is -2.04. The molecule has 0 aliphatic carbocycles. The second kappa shape index (κ2) is 14.0. The molecule has 0 amide bonds. The maximum Gasteiger partial charge on any atom is 0.305 e. The zero-order chi connectivity index (χ0) is 12.8. The zero-order valence-corrected chi connectivity index (χ0v) is 12.8. The highest BCUT2D eigenvalue weighted by Crippen LogP contribution is 2.06. The Morgan fingerprint density at radius 1 is 0.941 bits per heavy atom. The van der Waals surface area contributed by atoms with Crippen LogP contribution in [0, 0.1) is 0 Å². The molecule has 0 aliphatic heterocycles. The van der Waals surface area contributed by atoms with Crippen molar-refractivity contribution in [2.45, 2.75) is 71.1 Å². The number of hydrogen-bond donors (Lipinski definition) is 0. The van der Waals surface area contributed by atoms with Gasteiger partial charge in [-0.1, -0.05) is 61.4 Å². The fourth-order valence-electron chi connectivity index (χ4n) is 1.68. The smallest absolute Gasteiger partial charge is 0.305 e. The monoisotopic (exact) mass is 306 g/mol. The van der Waals surface area contributed by atoms with Crippen molar-refractivity contribution in [3.8, 4) is 0 Å². The second-order valence-corrected chi connectivity index (χ2v) is 5.28. The molecule has 0 aromatic carbocycles. The summed E-state index contributed by atoms with van der Waals surface area (Å²) in [6.45, 7) is 2.83. The van der Waals surface area contributed by atoms with Crippen LogP contribution in [0.5, 0.6) is 0 Å². The maximum absolute atomic E-state index is 11.3. The molecule has 17 heavy (non-hydrogen) atoms. The van der Waals surface area contributed by atoms with Gasteiger partial charge < -0.3 is 4.74 Å². The molecule has 0 rings (SSSR count). The number of rotatable bonds is 12. The molecule has 0 atom stereocenters. The summed E-state index contributed by atoms with van der Waals surface area (Å²) < 4.78 is 5.18. The van der Waals surface area contributed by atoms with Crippen LogP contribution in [-0.4, -0.2) is 17.9 Å². The van der Waals surface area contributed by atoms with Gasteiger partial charge in [0.1, 0.15) is 0 Å². The Hall–Kier alpha value is -0.0500. The molecule has 0 fully saturated rings. The van der Waals surface area contributed by atoms with E-state index in [1.807, 2.05) is 0 Å². The second-order valence-electron chi connectivity index (χ2n) is 4.49. The van der Waals surface area contributed by atoms with Gasteiger partial charge in [0.15, 0.2) is 0 Å². The summed E-state index contributed by atoms with van der Waals surface area (Å²) in [7, 11) is 0. The van der Waals surface area contributed by atoms with Crippen molar-refractivity contribution < 1.29 is 9.53 Å². The first-order chi connectivity index (χ1) is 8.31. The number of halogens is 1. The topological polar surface area (TPSA) is 26.3 Å². The van der Waals surface area contributed by atoms with Crippen LogP contribution in [0.2, 0.25) is 0 Å². The summed E-state index contributed by atoms with van der Waals surface area (Å²) in [5, 5.41) is 1.03. The van der Waals surface area contributed by atoms with Crippen molar-refractivity contribution in [1.29, 1.82) is 0 Å². The van der Waals surface area contributed by atoms with Crippen molar-refractivity contribution >= 4 is 21.9 Å². The Labute approximate surface area is 115 Å². The van der Waals surface area contributed by atoms with Crippen molar-refractivity contribution in [1.82, 2.24) is 0 Å². The van der Waals surface area contributed by atoms with Gasteiger partial charge in [-0.2, -0.15) is 0 Å². The van der Waals surface area contributed by atoms with Crippen LogP contribution < -0.4 is 0 Å². The predicted octanol–water partition coefficient (Wildman–Crippen LogP) is 4.85. The molecule has 0 saturated heterocycles. The number of hydrogen-bond acceptors (Lipinski definition) is 2. The molecule has 0 radical (unpaired) electrons. The highest BCUT2D eigenvalue weighted by molar-refractivity contribution is 9.09. The van der Waals surface area contributed by atoms with Crippen molar-refractivity contribution in [3.63, 3.8) is 0 Å². The van der Waals surface area contributed by atoms with Gasteiger partial charge in [0.25, 0.3) is 0 Å². The fraction of sp³-hybridized carbons (Fsp3) is 0.929. The van der Waals surface area contributed by atoms with Gasteiger partial charge in [-0.25, -0.2) is 0 Å². The van der Waals surface area contributed by atoms with Crippen LogP contribution in [0.15, 0.2) is 0 Å². The molecule has 0 aromatic rings. The minimum atomic E-state index is -0.0202. The highest BCUT2D eigenvalue weighted by atomic mass is 79.9. The SMILES string of the molecule is CCCCCCCCOC(=O)CCCCCBr. The summed E-state index contributed by atoms with van der Waals surface area (Å²) in [6, 6.07) is 0. The Balaban J connectivity index is 3.11. The molecule has 0 aromatic heterocycles. The van der Waals surface area contributed by atoms with E-state index < -0.39 is 0 Å². The molecule has 0 saturated carbocycles. The van der Waals surface area contributed by atoms with E-state index >= 15 is 0 Å². The van der Waals surface area contributed by atoms with Crippen molar-refractivity contribution in [2.75, 3.05) is 11.9 Å². The van der Waals surface area contributed by atoms with E-state index in [0.717, 1.165) is 31.0 Å². The molecule has 0 heterocycles. The van der Waals surface area contributed by atoms with Gasteiger partial charge in [-0.3, -0.25) is 4.79 Å². The summed E-state index contributed by atoms with van der Waals surface area (Å²) in [5.74, 6) is -0.0202. The highest BCUT2D eigenvalue weighted by Gasteiger charge is 2.01. The van der Waals surface area contributed by atoms with Crippen LogP contribution in [0.3, 0.4) is 0 Å². The standard InChI is InChI=1S/C14H27BrO2/c1-2-3-4-5-6-10-13-17-14(16)11-8-7-9-12-15/h2-13H2,1H3. The van der Waals surface area contributed by atoms with Crippen LogP contribution in [0.25, 0.3) is 0 Å². The van der Waals surface area contributed by atoms with E-state index in [-0.39, 0.29) is 5.97 Å². The Morgan fingerprint density at radius 3 is 2.29 bits per heavy atom. The third kappa shape index (κ3) is 13.9. The third-order valence-electron chi connectivity index (χ3n) is 2.78. The minimum absolute atomic E-state index is 0.0202. The van der Waals surface area contributed by atoms with Gasteiger partial charge in [-0.15, -0.1) is 0 Å². The lowest BCUT2D eigenvalue weighted by molar-refractivity contribution is -0.143. The quantitative estimate of drug-likeness (QED) is 0.293. The van der Waals surface area contributed by atoms with E-state index in [2.05, 4.69) is 22.9 Å². The first kappa shape index (κ1) is 16.9. The molecule has 2 nitrogen and oxygen atoms in total. The third-order valence-corrected chi connectivity index (χ3v) is 3.34. The van der Waals surface area contributed by atoms with Crippen LogP contribution in [-0.2, 0) is 9.53 Å². The summed E-state index contributed by atoms with van der Waals surface area (Å²) in [4.78, 5) is 11.3. The number of alkyl halides is 1. The molecule has 0 aliphatic rings. The van der Waals surface area contributed by atoms with Crippen LogP contribution in [0.1, 0.15) is 71.1 Å². The molecular weight excluding hydrogens is 280 g/mol. The molecule has 0 N–H and O–H groups in total. The van der Waals surface area contributed by atoms with E-state index in [1.165, 1.54) is 32.1 Å². The molecule has 0 spiro atoms. The van der Waals surface area contributed by atoms with E-state index in [9.17, 15) is 4.79 Å². The Bertz CT molecular complexity index is 172. The maximum atomic E-state index is 11.3. The molecule has 0 bridgehead atoms. The first-order valence-electron chi connectivity index (χ1n) is 7.02. The lowest BCUT2D eigenvalue weighted by Crippen LogP contribution is -2.05. The van der Waals surface area contributed by atoms with Gasteiger partial charge in [0.2, 0.25) is 0 Å². The van der Waals surface area contributed by atoms with E-state index in [1.54, 1.807) is 0 Å². The lowest BCUT2D eigenvalue weighted by atomic mass is 10.1. The number of esters is 1. The zero-order valence-electron chi connectivity index (χ0n) is 11.2. The average Bonchev–Trinajstić information content (AvgIpc) is 2.33. The molecule has 0 unspecified atom stereocenters. The number of unbranched alkanes of at least 4 members (excludes halogenated alkanes) is 7. The van der Waals surface area contributed by atoms with Crippen LogP contribution >= 0.6 is 15.9 Å². The van der Waals surface area contributed by atoms with Crippen molar-refractivity contribution in [2.24, 2.45) is 0 Å². The van der Waals surface area contributed by atoms with E-state index in [0.29, 0.717) is 13.0 Å². The minimum Gasteiger partial charge on any atom is -0.466 e. The Morgan fingerprint density at radius 2 is 1.59 bits per heavy atom. The van der Waals surface area contributed by atoms with Gasteiger partial charge >= 0.3 is 5.97 Å². The summed E-state index contributed by atoms with van der Waals surface area (Å²) in [6.07, 6.45) is 11.2. The molecule has 3 heteroatoms. The van der Waals surface area contributed by atoms with Gasteiger partial charge in [0, 0.05) is 11.8 Å². The first-order valence-corrected chi connectivity index (χ1v) is 8.15. The largest absolute Gasteiger partial charge is 0.466 e. The number of ether oxygens (including phenoxy) is 1. The van der Waals surface area contributed by atoms with Crippen LogP contribution in [0.4, 0.5) is 0 Å². The number of carbonyl (C=O) groups excluding carboxylic acids is 1. The van der Waals surface area contributed by atoms with Crippen molar-refractivity contribution in [3.05, 3.63) is 0 Å². The fourth-order valence-corrected chi connectivity index (χ4v) is 2.08. The number of carbonyl (C=O) groups is 1. The molecule has 102 valence electrons. The Kier molecular flexibility index (Phi) is 14.0. The summed E-state index contributed by atoms with van der Waals surface area (Å²) >= 11 is 3.38. The summed E-state index contributed by atoms with van der Waals surface area (Å²) in [5.41, 5.74) is 0. The average molecular weight is 307 g/mol. The van der Waals surface area contributed by atoms with Gasteiger partial charge in [-0.05, 0) is 19.3 Å².